The Bertz CT molecular complexity index is 894. The molecule has 0 radical (unpaired) electrons. The number of nitrogens with one attached hydrogen (secondary N) is 1. The van der Waals surface area contributed by atoms with Crippen molar-refractivity contribution in [1.82, 2.24) is 15.1 Å². The number of carbonyl (C=O) groups excluding carboxylic acids is 1. The van der Waals surface area contributed by atoms with Crippen molar-refractivity contribution in [3.8, 4) is 11.4 Å². The van der Waals surface area contributed by atoms with E-state index in [-0.39, 0.29) is 24.4 Å². The van der Waals surface area contributed by atoms with Crippen molar-refractivity contribution in [3.05, 3.63) is 64.8 Å². The van der Waals surface area contributed by atoms with E-state index >= 15 is 0 Å². The number of nitrogens with zero attached hydrogens (tertiary/aromatic N) is 4. The molecule has 2 heterocycles. The third-order valence-corrected chi connectivity index (χ3v) is 3.29. The third kappa shape index (κ3) is 4.22. The van der Waals surface area contributed by atoms with Gasteiger partial charge in [-0.25, -0.2) is 0 Å². The second-order valence-corrected chi connectivity index (χ2v) is 5.11. The van der Waals surface area contributed by atoms with Gasteiger partial charge in [0.1, 0.15) is 0 Å². The molecule has 1 aromatic carbocycles. The van der Waals surface area contributed by atoms with Crippen LogP contribution in [0.15, 0.2) is 53.3 Å². The highest BCUT2D eigenvalue weighted by Crippen LogP contribution is 2.18. The lowest BCUT2D eigenvalue weighted by molar-refractivity contribution is -0.384. The number of anilines is 1. The molecule has 2 aromatic heterocycles. The van der Waals surface area contributed by atoms with Gasteiger partial charge < -0.3 is 9.84 Å². The molecule has 9 nitrogen and oxygen atoms in total. The summed E-state index contributed by atoms with van der Waals surface area (Å²) < 4.78 is 5.11. The number of rotatable bonds is 6. The standard InChI is InChI=1S/C16H13N5O4/c22-14(18-12-4-1-5-13(9-12)21(23)24)6-7-15-19-16(20-25-15)11-3-2-8-17-10-11/h1-5,8-10H,6-7H2,(H,18,22). The number of aromatic nitrogens is 3. The number of benzene rings is 1. The highest BCUT2D eigenvalue weighted by atomic mass is 16.6. The van der Waals surface area contributed by atoms with Gasteiger partial charge in [0.25, 0.3) is 5.69 Å². The van der Waals surface area contributed by atoms with E-state index in [1.165, 1.54) is 18.2 Å². The van der Waals surface area contributed by atoms with E-state index < -0.39 is 4.92 Å². The first-order valence-corrected chi connectivity index (χ1v) is 7.39. The van der Waals surface area contributed by atoms with E-state index in [4.69, 9.17) is 4.52 Å². The van der Waals surface area contributed by atoms with Gasteiger partial charge in [-0.3, -0.25) is 19.9 Å². The smallest absolute Gasteiger partial charge is 0.271 e. The summed E-state index contributed by atoms with van der Waals surface area (Å²) >= 11 is 0. The summed E-state index contributed by atoms with van der Waals surface area (Å²) in [5.41, 5.74) is 0.995. The summed E-state index contributed by atoms with van der Waals surface area (Å²) in [6.07, 6.45) is 3.62. The van der Waals surface area contributed by atoms with Gasteiger partial charge in [0.15, 0.2) is 0 Å². The van der Waals surface area contributed by atoms with Crippen molar-refractivity contribution in [3.63, 3.8) is 0 Å². The maximum Gasteiger partial charge on any atom is 0.271 e. The number of hydrogen-bond acceptors (Lipinski definition) is 7. The minimum absolute atomic E-state index is 0.0872. The number of pyridine rings is 1. The minimum atomic E-state index is -0.520. The molecule has 0 atom stereocenters. The van der Waals surface area contributed by atoms with Crippen LogP contribution in [0.4, 0.5) is 11.4 Å². The van der Waals surface area contributed by atoms with Crippen LogP contribution in [0.3, 0.4) is 0 Å². The second-order valence-electron chi connectivity index (χ2n) is 5.11. The van der Waals surface area contributed by atoms with Crippen molar-refractivity contribution in [2.45, 2.75) is 12.8 Å². The van der Waals surface area contributed by atoms with Gasteiger partial charge in [0.05, 0.1) is 4.92 Å². The molecule has 0 bridgehead atoms. The number of amides is 1. The average Bonchev–Trinajstić information content (AvgIpc) is 3.10. The van der Waals surface area contributed by atoms with E-state index in [0.717, 1.165) is 5.56 Å². The predicted molar refractivity (Wildman–Crippen MR) is 87.6 cm³/mol. The molecule has 126 valence electrons. The summed E-state index contributed by atoms with van der Waals surface area (Å²) in [4.78, 5) is 30.4. The number of aryl methyl sites for hydroxylation is 1. The van der Waals surface area contributed by atoms with Crippen molar-refractivity contribution < 1.29 is 14.2 Å². The quantitative estimate of drug-likeness (QED) is 0.540. The summed E-state index contributed by atoms with van der Waals surface area (Å²) in [6, 6.07) is 9.30. The number of nitro groups is 1. The Labute approximate surface area is 141 Å². The second kappa shape index (κ2) is 7.30. The van der Waals surface area contributed by atoms with Crippen LogP contribution in [-0.4, -0.2) is 26.0 Å². The van der Waals surface area contributed by atoms with Crippen LogP contribution in [0.5, 0.6) is 0 Å². The Kier molecular flexibility index (Phi) is 4.74. The van der Waals surface area contributed by atoms with Crippen LogP contribution in [0, 0.1) is 10.1 Å². The van der Waals surface area contributed by atoms with Crippen LogP contribution in [-0.2, 0) is 11.2 Å². The molecule has 0 aliphatic rings. The maximum atomic E-state index is 12.0. The average molecular weight is 339 g/mol. The summed E-state index contributed by atoms with van der Waals surface area (Å²) in [6.45, 7) is 0. The molecule has 0 saturated carbocycles. The molecule has 9 heteroatoms. The summed E-state index contributed by atoms with van der Waals surface area (Å²) in [5.74, 6) is 0.428. The number of carbonyl (C=O) groups is 1. The molecule has 0 aliphatic heterocycles. The van der Waals surface area contributed by atoms with Crippen LogP contribution in [0.25, 0.3) is 11.4 Å². The highest BCUT2D eigenvalue weighted by molar-refractivity contribution is 5.91. The van der Waals surface area contributed by atoms with Crippen LogP contribution < -0.4 is 5.32 Å². The Balaban J connectivity index is 1.57. The van der Waals surface area contributed by atoms with Crippen molar-refractivity contribution >= 4 is 17.3 Å². The lowest BCUT2D eigenvalue weighted by Crippen LogP contribution is -2.12. The molecule has 0 saturated heterocycles. The molecule has 1 N–H and O–H groups in total. The Hall–Kier alpha value is -3.62. The molecule has 0 spiro atoms. The first kappa shape index (κ1) is 16.2. The minimum Gasteiger partial charge on any atom is -0.339 e. The van der Waals surface area contributed by atoms with Gasteiger partial charge in [0, 0.05) is 48.6 Å². The molecule has 1 amide bonds. The number of non-ortho nitro benzene ring substituents is 1. The van der Waals surface area contributed by atoms with Gasteiger partial charge in [-0.1, -0.05) is 11.2 Å². The van der Waals surface area contributed by atoms with E-state index in [0.29, 0.717) is 17.4 Å². The molecule has 25 heavy (non-hydrogen) atoms. The molecular formula is C16H13N5O4. The zero-order valence-corrected chi connectivity index (χ0v) is 13.0. The fourth-order valence-corrected chi connectivity index (χ4v) is 2.11. The summed E-state index contributed by atoms with van der Waals surface area (Å²) in [7, 11) is 0. The molecule has 0 aliphatic carbocycles. The van der Waals surface area contributed by atoms with Crippen LogP contribution in [0.1, 0.15) is 12.3 Å². The van der Waals surface area contributed by atoms with Gasteiger partial charge in [-0.2, -0.15) is 4.98 Å². The lowest BCUT2D eigenvalue weighted by atomic mass is 10.2. The highest BCUT2D eigenvalue weighted by Gasteiger charge is 2.12. The first-order valence-electron chi connectivity index (χ1n) is 7.39. The largest absolute Gasteiger partial charge is 0.339 e. The number of hydrogen-bond donors (Lipinski definition) is 1. The topological polar surface area (TPSA) is 124 Å². The first-order chi connectivity index (χ1) is 12.1. The molecule has 0 fully saturated rings. The Morgan fingerprint density at radius 2 is 2.16 bits per heavy atom. The molecule has 3 rings (SSSR count). The molecule has 3 aromatic rings. The SMILES string of the molecule is O=C(CCc1nc(-c2cccnc2)no1)Nc1cccc([N+](=O)[O-])c1. The fourth-order valence-electron chi connectivity index (χ4n) is 2.11. The van der Waals surface area contributed by atoms with E-state index in [1.807, 2.05) is 0 Å². The Morgan fingerprint density at radius 3 is 2.92 bits per heavy atom. The van der Waals surface area contributed by atoms with Gasteiger partial charge >= 0.3 is 0 Å². The van der Waals surface area contributed by atoms with Gasteiger partial charge in [-0.05, 0) is 18.2 Å². The van der Waals surface area contributed by atoms with E-state index in [1.54, 1.807) is 30.6 Å². The van der Waals surface area contributed by atoms with Crippen LogP contribution >= 0.6 is 0 Å². The lowest BCUT2D eigenvalue weighted by Gasteiger charge is -2.03. The van der Waals surface area contributed by atoms with Crippen LogP contribution in [0.2, 0.25) is 0 Å². The Morgan fingerprint density at radius 1 is 1.28 bits per heavy atom. The predicted octanol–water partition coefficient (Wildman–Crippen LogP) is 2.61. The zero-order valence-electron chi connectivity index (χ0n) is 13.0. The number of nitro benzene ring substituents is 1. The monoisotopic (exact) mass is 339 g/mol. The van der Waals surface area contributed by atoms with Gasteiger partial charge in [0.2, 0.25) is 17.6 Å². The van der Waals surface area contributed by atoms with E-state index in [2.05, 4.69) is 20.4 Å². The molecule has 0 unspecified atom stereocenters. The third-order valence-electron chi connectivity index (χ3n) is 3.29. The van der Waals surface area contributed by atoms with E-state index in [9.17, 15) is 14.9 Å². The van der Waals surface area contributed by atoms with Crippen molar-refractivity contribution in [2.75, 3.05) is 5.32 Å². The zero-order chi connectivity index (χ0) is 17.6. The van der Waals surface area contributed by atoms with Gasteiger partial charge in [-0.15, -0.1) is 0 Å². The fraction of sp³-hybridized carbons (Fsp3) is 0.125. The normalized spacial score (nSPS) is 10.4. The maximum absolute atomic E-state index is 12.0. The summed E-state index contributed by atoms with van der Waals surface area (Å²) in [5, 5.41) is 17.2. The van der Waals surface area contributed by atoms with Crippen molar-refractivity contribution in [1.29, 1.82) is 0 Å². The molecular weight excluding hydrogens is 326 g/mol. The van der Waals surface area contributed by atoms with Crippen molar-refractivity contribution in [2.24, 2.45) is 0 Å².